The molecule has 0 aromatic heterocycles. The van der Waals surface area contributed by atoms with Crippen molar-refractivity contribution in [1.29, 1.82) is 0 Å². The Morgan fingerprint density at radius 3 is 2.73 bits per heavy atom. The smallest absolute Gasteiger partial charge is 0.311 e. The Morgan fingerprint density at radius 2 is 2.09 bits per heavy atom. The number of carbonyl (C=O) groups excluding carboxylic acids is 1. The van der Waals surface area contributed by atoms with E-state index in [4.69, 9.17) is 16.3 Å². The summed E-state index contributed by atoms with van der Waals surface area (Å²) < 4.78 is 5.03. The average Bonchev–Trinajstić information content (AvgIpc) is 2.49. The van der Waals surface area contributed by atoms with E-state index in [9.17, 15) is 20.0 Å². The number of phenolic OH excluding ortho intramolecular Hbond substituents is 1. The molecule has 2 aromatic rings. The van der Waals surface area contributed by atoms with Gasteiger partial charge in [-0.05, 0) is 18.2 Å². The Morgan fingerprint density at radius 1 is 1.36 bits per heavy atom. The van der Waals surface area contributed by atoms with E-state index in [-0.39, 0.29) is 5.56 Å². The van der Waals surface area contributed by atoms with Crippen molar-refractivity contribution in [3.63, 3.8) is 0 Å². The second kappa shape index (κ2) is 6.31. The lowest BCUT2D eigenvalue weighted by atomic mass is 10.1. The van der Waals surface area contributed by atoms with Gasteiger partial charge in [0.25, 0.3) is 5.91 Å². The van der Waals surface area contributed by atoms with Crippen LogP contribution in [-0.2, 0) is 0 Å². The number of halogens is 1. The molecule has 0 bridgehead atoms. The molecule has 0 radical (unpaired) electrons. The number of nitro benzene ring substituents is 1. The number of methoxy groups -OCH3 is 1. The molecular formula is C14H11ClN2O5. The van der Waals surface area contributed by atoms with Crippen LogP contribution in [0.4, 0.5) is 11.4 Å². The number of carbonyl (C=O) groups is 1. The van der Waals surface area contributed by atoms with Gasteiger partial charge < -0.3 is 15.2 Å². The van der Waals surface area contributed by atoms with Gasteiger partial charge in [-0.25, -0.2) is 0 Å². The molecule has 8 heteroatoms. The molecule has 0 aliphatic carbocycles. The maximum atomic E-state index is 12.1. The number of rotatable bonds is 4. The molecule has 0 heterocycles. The highest BCUT2D eigenvalue weighted by Gasteiger charge is 2.21. The number of anilines is 1. The van der Waals surface area contributed by atoms with E-state index >= 15 is 0 Å². The van der Waals surface area contributed by atoms with Gasteiger partial charge in [-0.1, -0.05) is 17.7 Å². The molecule has 0 saturated heterocycles. The molecule has 22 heavy (non-hydrogen) atoms. The van der Waals surface area contributed by atoms with Gasteiger partial charge in [-0.3, -0.25) is 14.9 Å². The summed E-state index contributed by atoms with van der Waals surface area (Å²) in [6, 6.07) is 8.27. The number of hydrogen-bond acceptors (Lipinski definition) is 5. The van der Waals surface area contributed by atoms with Crippen molar-refractivity contribution in [1.82, 2.24) is 0 Å². The zero-order valence-electron chi connectivity index (χ0n) is 11.4. The van der Waals surface area contributed by atoms with E-state index in [0.29, 0.717) is 16.5 Å². The molecule has 2 N–H and O–H groups in total. The monoisotopic (exact) mass is 322 g/mol. The summed E-state index contributed by atoms with van der Waals surface area (Å²) in [5.74, 6) is -1.01. The van der Waals surface area contributed by atoms with Crippen molar-refractivity contribution in [3.8, 4) is 11.5 Å². The van der Waals surface area contributed by atoms with Crippen molar-refractivity contribution in [2.45, 2.75) is 0 Å². The molecule has 2 aromatic carbocycles. The zero-order valence-corrected chi connectivity index (χ0v) is 12.1. The quantitative estimate of drug-likeness (QED) is 0.664. The van der Waals surface area contributed by atoms with Crippen molar-refractivity contribution in [2.24, 2.45) is 0 Å². The van der Waals surface area contributed by atoms with Crippen molar-refractivity contribution in [2.75, 3.05) is 12.4 Å². The Balaban J connectivity index is 2.30. The fourth-order valence-electron chi connectivity index (χ4n) is 1.80. The molecule has 114 valence electrons. The Bertz CT molecular complexity index is 748. The highest BCUT2D eigenvalue weighted by Crippen LogP contribution is 2.31. The van der Waals surface area contributed by atoms with E-state index < -0.39 is 22.3 Å². The fraction of sp³-hybridized carbons (Fsp3) is 0.0714. The standard InChI is InChI=1S/C14H11ClN2O5/c1-22-12-7-8(5-6-10(12)15)16-14(19)9-3-2-4-11(13(9)18)17(20)21/h2-7,18H,1H3,(H,16,19). The molecule has 0 aliphatic rings. The average molecular weight is 323 g/mol. The van der Waals surface area contributed by atoms with E-state index in [0.717, 1.165) is 6.07 Å². The Hall–Kier alpha value is -2.80. The second-order valence-corrected chi connectivity index (χ2v) is 4.64. The summed E-state index contributed by atoms with van der Waals surface area (Å²) in [7, 11) is 1.43. The van der Waals surface area contributed by atoms with Crippen molar-refractivity contribution >= 4 is 28.9 Å². The Labute approximate surface area is 130 Å². The van der Waals surface area contributed by atoms with Gasteiger partial charge in [-0.15, -0.1) is 0 Å². The zero-order chi connectivity index (χ0) is 16.3. The first kappa shape index (κ1) is 15.6. The Kier molecular flexibility index (Phi) is 4.47. The number of ether oxygens (including phenoxy) is 1. The van der Waals surface area contributed by atoms with E-state index in [1.807, 2.05) is 0 Å². The maximum Gasteiger partial charge on any atom is 0.311 e. The van der Waals surface area contributed by atoms with Gasteiger partial charge in [0.2, 0.25) is 5.75 Å². The topological polar surface area (TPSA) is 102 Å². The summed E-state index contributed by atoms with van der Waals surface area (Å²) >= 11 is 5.88. The van der Waals surface area contributed by atoms with E-state index in [1.54, 1.807) is 0 Å². The summed E-state index contributed by atoms with van der Waals surface area (Å²) in [5.41, 5.74) is -0.374. The second-order valence-electron chi connectivity index (χ2n) is 4.23. The van der Waals surface area contributed by atoms with Gasteiger partial charge in [-0.2, -0.15) is 0 Å². The number of nitrogens with one attached hydrogen (secondary N) is 1. The van der Waals surface area contributed by atoms with Gasteiger partial charge in [0.05, 0.1) is 22.6 Å². The number of hydrogen-bond donors (Lipinski definition) is 2. The van der Waals surface area contributed by atoms with Crippen LogP contribution in [0.25, 0.3) is 0 Å². The number of amides is 1. The lowest BCUT2D eigenvalue weighted by molar-refractivity contribution is -0.385. The van der Waals surface area contributed by atoms with Crippen LogP contribution in [0.1, 0.15) is 10.4 Å². The third-order valence-electron chi connectivity index (χ3n) is 2.87. The first-order chi connectivity index (χ1) is 10.4. The predicted molar refractivity (Wildman–Crippen MR) is 80.7 cm³/mol. The fourth-order valence-corrected chi connectivity index (χ4v) is 1.99. The maximum absolute atomic E-state index is 12.1. The van der Waals surface area contributed by atoms with Gasteiger partial charge >= 0.3 is 5.69 Å². The molecule has 2 rings (SSSR count). The van der Waals surface area contributed by atoms with Gasteiger partial charge in [0.15, 0.2) is 0 Å². The summed E-state index contributed by atoms with van der Waals surface area (Å²) in [6.45, 7) is 0. The number of benzene rings is 2. The largest absolute Gasteiger partial charge is 0.502 e. The van der Waals surface area contributed by atoms with Crippen LogP contribution in [0.15, 0.2) is 36.4 Å². The lowest BCUT2D eigenvalue weighted by Gasteiger charge is -2.09. The number of aromatic hydroxyl groups is 1. The minimum atomic E-state index is -0.766. The highest BCUT2D eigenvalue weighted by molar-refractivity contribution is 6.32. The van der Waals surface area contributed by atoms with Crippen LogP contribution in [-0.4, -0.2) is 23.0 Å². The van der Waals surface area contributed by atoms with Crippen LogP contribution in [0.2, 0.25) is 5.02 Å². The summed E-state index contributed by atoms with van der Waals surface area (Å²) in [5, 5.41) is 23.4. The van der Waals surface area contributed by atoms with Crippen LogP contribution in [0.5, 0.6) is 11.5 Å². The van der Waals surface area contributed by atoms with Crippen molar-refractivity contribution in [3.05, 3.63) is 57.1 Å². The normalized spacial score (nSPS) is 10.1. The molecular weight excluding hydrogens is 312 g/mol. The minimum Gasteiger partial charge on any atom is -0.502 e. The summed E-state index contributed by atoms with van der Waals surface area (Å²) in [6.07, 6.45) is 0. The van der Waals surface area contributed by atoms with Crippen molar-refractivity contribution < 1.29 is 19.6 Å². The first-order valence-electron chi connectivity index (χ1n) is 6.05. The summed E-state index contributed by atoms with van der Waals surface area (Å²) in [4.78, 5) is 22.1. The van der Waals surface area contributed by atoms with Crippen LogP contribution in [0.3, 0.4) is 0 Å². The number of para-hydroxylation sites is 1. The van der Waals surface area contributed by atoms with Crippen LogP contribution >= 0.6 is 11.6 Å². The molecule has 0 atom stereocenters. The molecule has 7 nitrogen and oxygen atoms in total. The molecule has 0 aliphatic heterocycles. The predicted octanol–water partition coefficient (Wildman–Crippen LogP) is 3.21. The van der Waals surface area contributed by atoms with Gasteiger partial charge in [0.1, 0.15) is 5.75 Å². The number of nitro groups is 1. The third-order valence-corrected chi connectivity index (χ3v) is 3.18. The van der Waals surface area contributed by atoms with E-state index in [2.05, 4.69) is 5.32 Å². The lowest BCUT2D eigenvalue weighted by Crippen LogP contribution is -2.12. The van der Waals surface area contributed by atoms with Crippen LogP contribution in [0, 0.1) is 10.1 Å². The highest BCUT2D eigenvalue weighted by atomic mass is 35.5. The molecule has 0 saturated carbocycles. The molecule has 0 spiro atoms. The third kappa shape index (κ3) is 3.09. The molecule has 1 amide bonds. The van der Waals surface area contributed by atoms with Gasteiger partial charge in [0, 0.05) is 17.8 Å². The number of nitrogens with zero attached hydrogens (tertiary/aromatic N) is 1. The SMILES string of the molecule is COc1cc(NC(=O)c2cccc([N+](=O)[O-])c2O)ccc1Cl. The van der Waals surface area contributed by atoms with Crippen LogP contribution < -0.4 is 10.1 Å². The van der Waals surface area contributed by atoms with E-state index in [1.165, 1.54) is 37.4 Å². The minimum absolute atomic E-state index is 0.205. The molecule has 0 fully saturated rings. The first-order valence-corrected chi connectivity index (χ1v) is 6.43. The molecule has 0 unspecified atom stereocenters. The number of phenols is 1.